The van der Waals surface area contributed by atoms with Crippen molar-refractivity contribution < 1.29 is 9.21 Å². The van der Waals surface area contributed by atoms with Crippen LogP contribution in [0.3, 0.4) is 0 Å². The molecule has 0 atom stereocenters. The number of aryl methyl sites for hydroxylation is 2. The van der Waals surface area contributed by atoms with E-state index in [9.17, 15) is 4.79 Å². The minimum atomic E-state index is -0.382. The topological polar surface area (TPSA) is 111 Å². The first-order chi connectivity index (χ1) is 15.5. The summed E-state index contributed by atoms with van der Waals surface area (Å²) in [7, 11) is 0. The number of para-hydroxylation sites is 2. The zero-order valence-corrected chi connectivity index (χ0v) is 17.5. The van der Waals surface area contributed by atoms with E-state index in [1.807, 2.05) is 56.3 Å². The number of carbonyl (C=O) groups excluding carboxylic acids is 1. The molecule has 1 amide bonds. The number of hydrogen-bond acceptors (Lipinski definition) is 6. The molecule has 0 radical (unpaired) electrons. The first-order valence-electron chi connectivity index (χ1n) is 10.0. The summed E-state index contributed by atoms with van der Waals surface area (Å²) in [5, 5.41) is 7.33. The van der Waals surface area contributed by atoms with Crippen molar-refractivity contribution in [2.24, 2.45) is 5.10 Å². The third kappa shape index (κ3) is 3.37. The maximum absolute atomic E-state index is 13.3. The lowest BCUT2D eigenvalue weighted by atomic mass is 10.1. The van der Waals surface area contributed by atoms with E-state index in [2.05, 4.69) is 20.4 Å². The highest BCUT2D eigenvalue weighted by Crippen LogP contribution is 2.29. The van der Waals surface area contributed by atoms with E-state index in [1.54, 1.807) is 18.4 Å². The summed E-state index contributed by atoms with van der Waals surface area (Å²) in [6, 6.07) is 16.7. The molecule has 0 fully saturated rings. The van der Waals surface area contributed by atoms with E-state index in [0.29, 0.717) is 33.6 Å². The summed E-state index contributed by atoms with van der Waals surface area (Å²) in [5.74, 6) is 0.299. The van der Waals surface area contributed by atoms with Crippen molar-refractivity contribution in [2.75, 3.05) is 11.1 Å². The van der Waals surface area contributed by atoms with E-state index < -0.39 is 0 Å². The van der Waals surface area contributed by atoms with Gasteiger partial charge in [-0.3, -0.25) is 4.79 Å². The number of benzene rings is 2. The van der Waals surface area contributed by atoms with Crippen LogP contribution >= 0.6 is 0 Å². The summed E-state index contributed by atoms with van der Waals surface area (Å²) >= 11 is 0. The standard InChI is InChI=1S/C24H20N6O2/c1-14-9-10-16(12-15(14)2)27-24(31)20-21-23(29-19-8-4-3-7-18(19)28-21)30(22(20)25)26-13-17-6-5-11-32-17/h3-13H,25H2,1-2H3,(H,27,31)/b26-13+. The van der Waals surface area contributed by atoms with Crippen molar-refractivity contribution in [3.63, 3.8) is 0 Å². The Morgan fingerprint density at radius 2 is 1.84 bits per heavy atom. The zero-order valence-electron chi connectivity index (χ0n) is 17.5. The smallest absolute Gasteiger partial charge is 0.261 e. The number of nitrogen functional groups attached to an aromatic ring is 1. The van der Waals surface area contributed by atoms with Crippen molar-refractivity contribution in [3.8, 4) is 0 Å². The number of aromatic nitrogens is 3. The quantitative estimate of drug-likeness (QED) is 0.412. The fourth-order valence-corrected chi connectivity index (χ4v) is 3.48. The van der Waals surface area contributed by atoms with Crippen LogP contribution in [-0.4, -0.2) is 26.8 Å². The van der Waals surface area contributed by atoms with Crippen LogP contribution in [-0.2, 0) is 0 Å². The van der Waals surface area contributed by atoms with Crippen molar-refractivity contribution >= 4 is 45.8 Å². The number of anilines is 2. The van der Waals surface area contributed by atoms with E-state index >= 15 is 0 Å². The SMILES string of the molecule is Cc1ccc(NC(=O)c2c(N)n(/N=C/c3ccco3)c3nc4ccccc4nc23)cc1C. The van der Waals surface area contributed by atoms with Crippen LogP contribution in [0, 0.1) is 13.8 Å². The Labute approximate surface area is 183 Å². The van der Waals surface area contributed by atoms with Gasteiger partial charge in [0, 0.05) is 5.69 Å². The molecule has 8 nitrogen and oxygen atoms in total. The molecule has 32 heavy (non-hydrogen) atoms. The second-order valence-corrected chi connectivity index (χ2v) is 7.47. The molecule has 5 rings (SSSR count). The van der Waals surface area contributed by atoms with Gasteiger partial charge >= 0.3 is 0 Å². The summed E-state index contributed by atoms with van der Waals surface area (Å²) in [4.78, 5) is 22.6. The highest BCUT2D eigenvalue weighted by atomic mass is 16.3. The van der Waals surface area contributed by atoms with Gasteiger partial charge in [-0.25, -0.2) is 9.97 Å². The molecule has 3 heterocycles. The van der Waals surface area contributed by atoms with Gasteiger partial charge in [0.2, 0.25) is 0 Å². The second-order valence-electron chi connectivity index (χ2n) is 7.47. The Bertz CT molecular complexity index is 1500. The van der Waals surface area contributed by atoms with Crippen LogP contribution in [0.25, 0.3) is 22.2 Å². The molecule has 2 aromatic carbocycles. The third-order valence-electron chi connectivity index (χ3n) is 5.31. The van der Waals surface area contributed by atoms with Crippen LogP contribution in [0.1, 0.15) is 27.2 Å². The van der Waals surface area contributed by atoms with Crippen LogP contribution in [0.15, 0.2) is 70.4 Å². The molecule has 3 N–H and O–H groups in total. The van der Waals surface area contributed by atoms with Crippen LogP contribution in [0.2, 0.25) is 0 Å². The van der Waals surface area contributed by atoms with Crippen LogP contribution in [0.5, 0.6) is 0 Å². The Balaban J connectivity index is 1.66. The molecule has 0 aliphatic carbocycles. The highest BCUT2D eigenvalue weighted by Gasteiger charge is 2.24. The van der Waals surface area contributed by atoms with E-state index in [4.69, 9.17) is 10.2 Å². The molecule has 0 saturated carbocycles. The predicted molar refractivity (Wildman–Crippen MR) is 125 cm³/mol. The average Bonchev–Trinajstić information content (AvgIpc) is 3.39. The minimum absolute atomic E-state index is 0.138. The number of furan rings is 1. The molecule has 158 valence electrons. The van der Waals surface area contributed by atoms with Gasteiger partial charge in [0.15, 0.2) is 5.65 Å². The summed E-state index contributed by atoms with van der Waals surface area (Å²) in [6.45, 7) is 4.01. The van der Waals surface area contributed by atoms with Gasteiger partial charge in [0.1, 0.15) is 22.7 Å². The van der Waals surface area contributed by atoms with Crippen LogP contribution < -0.4 is 11.1 Å². The number of nitrogens with zero attached hydrogens (tertiary/aromatic N) is 4. The van der Waals surface area contributed by atoms with Crippen LogP contribution in [0.4, 0.5) is 11.5 Å². The summed E-state index contributed by atoms with van der Waals surface area (Å²) < 4.78 is 6.72. The maximum atomic E-state index is 13.3. The number of amides is 1. The third-order valence-corrected chi connectivity index (χ3v) is 5.31. The number of rotatable bonds is 4. The van der Waals surface area contributed by atoms with Gasteiger partial charge in [-0.05, 0) is 61.4 Å². The van der Waals surface area contributed by atoms with E-state index in [0.717, 1.165) is 11.1 Å². The first kappa shape index (κ1) is 19.5. The molecular formula is C24H20N6O2. The Morgan fingerprint density at radius 1 is 1.06 bits per heavy atom. The fourth-order valence-electron chi connectivity index (χ4n) is 3.48. The number of nitrogens with one attached hydrogen (secondary N) is 1. The predicted octanol–water partition coefficient (Wildman–Crippen LogP) is 4.51. The first-order valence-corrected chi connectivity index (χ1v) is 10.0. The van der Waals surface area contributed by atoms with E-state index in [-0.39, 0.29) is 17.3 Å². The monoisotopic (exact) mass is 424 g/mol. The van der Waals surface area contributed by atoms with Gasteiger partial charge in [0.25, 0.3) is 5.91 Å². The molecule has 5 aromatic rings. The highest BCUT2D eigenvalue weighted by molar-refractivity contribution is 6.16. The lowest BCUT2D eigenvalue weighted by Gasteiger charge is -2.08. The lowest BCUT2D eigenvalue weighted by Crippen LogP contribution is -2.14. The molecule has 0 saturated heterocycles. The van der Waals surface area contributed by atoms with Gasteiger partial charge in [0.05, 0.1) is 23.5 Å². The lowest BCUT2D eigenvalue weighted by molar-refractivity contribution is 0.102. The number of hydrogen-bond donors (Lipinski definition) is 2. The molecule has 0 spiro atoms. The number of nitrogens with two attached hydrogens (primary N) is 1. The zero-order chi connectivity index (χ0) is 22.2. The normalized spacial score (nSPS) is 11.6. The van der Waals surface area contributed by atoms with Gasteiger partial charge < -0.3 is 15.5 Å². The largest absolute Gasteiger partial charge is 0.463 e. The summed E-state index contributed by atoms with van der Waals surface area (Å²) in [6.07, 6.45) is 3.06. The van der Waals surface area contributed by atoms with Crippen molar-refractivity contribution in [1.29, 1.82) is 0 Å². The van der Waals surface area contributed by atoms with E-state index in [1.165, 1.54) is 10.9 Å². The van der Waals surface area contributed by atoms with Crippen molar-refractivity contribution in [3.05, 3.63) is 83.3 Å². The molecule has 8 heteroatoms. The molecule has 0 aliphatic heterocycles. The van der Waals surface area contributed by atoms with Gasteiger partial charge in [-0.1, -0.05) is 18.2 Å². The Kier molecular flexibility index (Phi) is 4.67. The second kappa shape index (κ2) is 7.66. The Hall–Kier alpha value is -4.46. The minimum Gasteiger partial charge on any atom is -0.463 e. The molecule has 0 unspecified atom stereocenters. The van der Waals surface area contributed by atoms with Crippen molar-refractivity contribution in [1.82, 2.24) is 14.6 Å². The fraction of sp³-hybridized carbons (Fsp3) is 0.0833. The Morgan fingerprint density at radius 3 is 2.56 bits per heavy atom. The van der Waals surface area contributed by atoms with Gasteiger partial charge in [-0.2, -0.15) is 9.78 Å². The molecule has 3 aromatic heterocycles. The number of carbonyl (C=O) groups is 1. The van der Waals surface area contributed by atoms with Crippen molar-refractivity contribution in [2.45, 2.75) is 13.8 Å². The number of fused-ring (bicyclic) bond motifs is 2. The maximum Gasteiger partial charge on any atom is 0.261 e. The van der Waals surface area contributed by atoms with Gasteiger partial charge in [-0.15, -0.1) is 0 Å². The molecular weight excluding hydrogens is 404 g/mol. The summed E-state index contributed by atoms with van der Waals surface area (Å²) in [5.41, 5.74) is 11.6. The molecule has 0 bridgehead atoms. The molecule has 0 aliphatic rings. The average molecular weight is 424 g/mol.